The van der Waals surface area contributed by atoms with E-state index < -0.39 is 0 Å². The lowest BCUT2D eigenvalue weighted by Gasteiger charge is -2.38. The van der Waals surface area contributed by atoms with E-state index in [-0.39, 0.29) is 5.17 Å². The smallest absolute Gasteiger partial charge is 0.243 e. The summed E-state index contributed by atoms with van der Waals surface area (Å²) in [6, 6.07) is 4.16. The van der Waals surface area contributed by atoms with E-state index in [0.717, 1.165) is 50.3 Å². The molecular formula is C17H25N5O2. The van der Waals surface area contributed by atoms with E-state index in [0.29, 0.717) is 18.6 Å². The molecule has 1 aliphatic carbocycles. The van der Waals surface area contributed by atoms with Crippen LogP contribution in [-0.4, -0.2) is 50.3 Å². The summed E-state index contributed by atoms with van der Waals surface area (Å²) < 4.78 is 5.27. The second-order valence-electron chi connectivity index (χ2n) is 6.80. The first-order chi connectivity index (χ1) is 11.7. The predicted molar refractivity (Wildman–Crippen MR) is 93.4 cm³/mol. The first kappa shape index (κ1) is 15.8. The Balaban J connectivity index is 1.33. The number of fused-ring (bicyclic) bond motifs is 2. The van der Waals surface area contributed by atoms with Crippen LogP contribution in [0.2, 0.25) is 0 Å². The van der Waals surface area contributed by atoms with Crippen LogP contribution >= 0.6 is 0 Å². The molecule has 0 spiro atoms. The molecule has 1 aromatic rings. The van der Waals surface area contributed by atoms with Crippen LogP contribution in [0.4, 0.5) is 11.4 Å². The minimum atomic E-state index is -0.0529. The molecule has 2 aliphatic heterocycles. The number of ether oxygens (including phenoxy) is 1. The molecule has 1 atom stereocenters. The predicted octanol–water partition coefficient (Wildman–Crippen LogP) is 0.196. The van der Waals surface area contributed by atoms with Gasteiger partial charge in [-0.3, -0.25) is 4.90 Å². The van der Waals surface area contributed by atoms with Gasteiger partial charge in [0.1, 0.15) is 5.69 Å². The van der Waals surface area contributed by atoms with Gasteiger partial charge in [0.15, 0.2) is 5.69 Å². The number of quaternary nitrogens is 1. The quantitative estimate of drug-likeness (QED) is 0.531. The summed E-state index contributed by atoms with van der Waals surface area (Å²) in [7, 11) is 1.76. The second kappa shape index (κ2) is 6.68. The van der Waals surface area contributed by atoms with Crippen LogP contribution < -0.4 is 15.9 Å². The van der Waals surface area contributed by atoms with Gasteiger partial charge < -0.3 is 15.3 Å². The molecule has 1 fully saturated rings. The van der Waals surface area contributed by atoms with Gasteiger partial charge in [0.05, 0.1) is 6.10 Å². The highest BCUT2D eigenvalue weighted by Crippen LogP contribution is 2.30. The molecule has 0 amide bonds. The minimum absolute atomic E-state index is 0.0529. The van der Waals surface area contributed by atoms with Crippen molar-refractivity contribution in [2.24, 2.45) is 4.99 Å². The highest BCUT2D eigenvalue weighted by Gasteiger charge is 2.26. The fraction of sp³-hybridized carbons (Fsp3) is 0.588. The first-order valence-electron chi connectivity index (χ1n) is 8.76. The van der Waals surface area contributed by atoms with E-state index in [1.54, 1.807) is 7.11 Å². The Kier molecular flexibility index (Phi) is 4.41. The molecule has 130 valence electrons. The molecule has 4 rings (SSSR count). The SMILES string of the molecule is COC1CN(CCCN=C2Nc3cc4c(cc3[NH+]([O-])N2)CCC4)C1. The van der Waals surface area contributed by atoms with Crippen LogP contribution in [0.15, 0.2) is 17.1 Å². The Labute approximate surface area is 142 Å². The Morgan fingerprint density at radius 3 is 2.92 bits per heavy atom. The van der Waals surface area contributed by atoms with Crippen LogP contribution in [0.5, 0.6) is 0 Å². The number of nitrogens with one attached hydrogen (secondary N) is 3. The van der Waals surface area contributed by atoms with Crippen LogP contribution in [0.1, 0.15) is 24.0 Å². The van der Waals surface area contributed by atoms with Crippen LogP contribution in [0, 0.1) is 5.21 Å². The zero-order valence-electron chi connectivity index (χ0n) is 14.1. The van der Waals surface area contributed by atoms with Gasteiger partial charge in [0.2, 0.25) is 5.96 Å². The van der Waals surface area contributed by atoms with Gasteiger partial charge in [-0.15, -0.1) is 0 Å². The topological polar surface area (TPSA) is 76.4 Å². The van der Waals surface area contributed by atoms with Crippen LogP contribution in [-0.2, 0) is 17.6 Å². The number of methoxy groups -OCH3 is 1. The molecular weight excluding hydrogens is 306 g/mol. The summed E-state index contributed by atoms with van der Waals surface area (Å²) in [6.45, 7) is 3.76. The summed E-state index contributed by atoms with van der Waals surface area (Å²) in [6.07, 6.45) is 4.75. The number of rotatable bonds is 5. The molecule has 0 radical (unpaired) electrons. The molecule has 0 aromatic heterocycles. The molecule has 7 nitrogen and oxygen atoms in total. The van der Waals surface area contributed by atoms with E-state index in [2.05, 4.69) is 26.7 Å². The lowest BCUT2D eigenvalue weighted by molar-refractivity contribution is -0.816. The molecule has 0 saturated carbocycles. The molecule has 3 aliphatic rings. The average molecular weight is 331 g/mol. The third kappa shape index (κ3) is 3.12. The summed E-state index contributed by atoms with van der Waals surface area (Å²) in [4.78, 5) is 6.87. The highest BCUT2D eigenvalue weighted by atomic mass is 16.5. The van der Waals surface area contributed by atoms with Crippen molar-refractivity contribution in [3.05, 3.63) is 28.5 Å². The summed E-state index contributed by atoms with van der Waals surface area (Å²) in [5.41, 5.74) is 7.17. The molecule has 1 saturated heterocycles. The summed E-state index contributed by atoms with van der Waals surface area (Å²) >= 11 is 0. The van der Waals surface area contributed by atoms with E-state index in [1.807, 2.05) is 6.07 Å². The number of nitrogens with zero attached hydrogens (tertiary/aromatic N) is 2. The largest absolute Gasteiger partial charge is 0.603 e. The summed E-state index contributed by atoms with van der Waals surface area (Å²) in [5.74, 6) is 0.573. The third-order valence-corrected chi connectivity index (χ3v) is 5.12. The average Bonchev–Trinajstić information content (AvgIpc) is 2.98. The van der Waals surface area contributed by atoms with E-state index in [9.17, 15) is 5.21 Å². The van der Waals surface area contributed by atoms with Gasteiger partial charge in [0, 0.05) is 39.4 Å². The third-order valence-electron chi connectivity index (χ3n) is 5.12. The van der Waals surface area contributed by atoms with Crippen molar-refractivity contribution in [3.8, 4) is 0 Å². The molecule has 0 bridgehead atoms. The van der Waals surface area contributed by atoms with E-state index >= 15 is 0 Å². The number of hydrogen-bond acceptors (Lipinski definition) is 4. The van der Waals surface area contributed by atoms with Crippen LogP contribution in [0.25, 0.3) is 0 Å². The van der Waals surface area contributed by atoms with Gasteiger partial charge in [-0.05, 0) is 42.9 Å². The van der Waals surface area contributed by atoms with Crippen molar-refractivity contribution in [1.82, 2.24) is 10.3 Å². The fourth-order valence-corrected chi connectivity index (χ4v) is 3.67. The number of aryl methyl sites for hydroxylation is 2. The molecule has 7 heteroatoms. The number of hydrogen-bond donors (Lipinski definition) is 3. The lowest BCUT2D eigenvalue weighted by atomic mass is 10.1. The zero-order chi connectivity index (χ0) is 16.5. The number of benzene rings is 1. The normalized spacial score (nSPS) is 24.9. The van der Waals surface area contributed by atoms with Crippen molar-refractivity contribution >= 4 is 17.3 Å². The maximum Gasteiger partial charge on any atom is 0.243 e. The fourth-order valence-electron chi connectivity index (χ4n) is 3.67. The van der Waals surface area contributed by atoms with Gasteiger partial charge in [-0.2, -0.15) is 5.43 Å². The first-order valence-corrected chi connectivity index (χ1v) is 8.76. The second-order valence-corrected chi connectivity index (χ2v) is 6.80. The van der Waals surface area contributed by atoms with Crippen LogP contribution in [0.3, 0.4) is 0 Å². The number of guanidine groups is 1. The highest BCUT2D eigenvalue weighted by molar-refractivity contribution is 5.96. The number of aliphatic imine (C=N–C) groups is 1. The monoisotopic (exact) mass is 331 g/mol. The van der Waals surface area contributed by atoms with Crippen molar-refractivity contribution in [3.63, 3.8) is 0 Å². The van der Waals surface area contributed by atoms with Crippen molar-refractivity contribution in [1.29, 1.82) is 0 Å². The maximum absolute atomic E-state index is 12.3. The lowest BCUT2D eigenvalue weighted by Crippen LogP contribution is -3.11. The molecule has 2 heterocycles. The molecule has 1 aromatic carbocycles. The van der Waals surface area contributed by atoms with E-state index in [4.69, 9.17) is 4.74 Å². The number of anilines is 1. The maximum atomic E-state index is 12.3. The zero-order valence-corrected chi connectivity index (χ0v) is 14.1. The Bertz CT molecular complexity index is 642. The van der Waals surface area contributed by atoms with Gasteiger partial charge in [-0.25, -0.2) is 10.2 Å². The Hall–Kier alpha value is -1.67. The Morgan fingerprint density at radius 1 is 1.33 bits per heavy atom. The van der Waals surface area contributed by atoms with Crippen molar-refractivity contribution in [2.45, 2.75) is 31.8 Å². The Morgan fingerprint density at radius 2 is 2.12 bits per heavy atom. The van der Waals surface area contributed by atoms with E-state index in [1.165, 1.54) is 17.5 Å². The van der Waals surface area contributed by atoms with Crippen molar-refractivity contribution < 1.29 is 9.91 Å². The molecule has 1 unspecified atom stereocenters. The van der Waals surface area contributed by atoms with Crippen molar-refractivity contribution in [2.75, 3.05) is 38.6 Å². The van der Waals surface area contributed by atoms with Gasteiger partial charge in [0.25, 0.3) is 0 Å². The standard InChI is InChI=1S/C17H25N5O2/c1-24-14-10-21(11-14)7-3-6-18-17-19-15-8-12-4-2-5-13(12)9-16(15)22(23)20-17/h8-9,14,22H,2-7,10-11H2,1H3,(H2,18,19,20). The number of likely N-dealkylation sites (tertiary alicyclic amines) is 1. The molecule has 3 N–H and O–H groups in total. The van der Waals surface area contributed by atoms with Gasteiger partial charge >= 0.3 is 0 Å². The summed E-state index contributed by atoms with van der Waals surface area (Å²) in [5, 5.41) is 15.5. The van der Waals surface area contributed by atoms with Gasteiger partial charge in [-0.1, -0.05) is 0 Å². The minimum Gasteiger partial charge on any atom is -0.603 e. The molecule has 24 heavy (non-hydrogen) atoms.